The Bertz CT molecular complexity index is 142. The fourth-order valence-corrected chi connectivity index (χ4v) is 2.52. The fraction of sp³-hybridized carbons (Fsp3) is 1.00. The Morgan fingerprint density at radius 1 is 1.45 bits per heavy atom. The first-order chi connectivity index (χ1) is 5.20. The van der Waals surface area contributed by atoms with Crippen LogP contribution in [-0.2, 0) is 0 Å². The zero-order chi connectivity index (χ0) is 7.90. The molecule has 2 aliphatic rings. The minimum atomic E-state index is 0.626. The highest BCUT2D eigenvalue weighted by molar-refractivity contribution is 5.07. The molecule has 2 heteroatoms. The molecule has 2 nitrogen and oxygen atoms in total. The van der Waals surface area contributed by atoms with E-state index in [4.69, 9.17) is 0 Å². The standard InChI is InChI=1S/C9H18N2/c1-11(2)7-8-5-9(6-8)3-4-10-9/h8,10H,3-7H2,1-2H3. The monoisotopic (exact) mass is 154 g/mol. The topological polar surface area (TPSA) is 15.3 Å². The van der Waals surface area contributed by atoms with Gasteiger partial charge in [-0.2, -0.15) is 0 Å². The maximum Gasteiger partial charge on any atom is 0.0199 e. The highest BCUT2D eigenvalue weighted by atomic mass is 15.1. The molecule has 1 aliphatic heterocycles. The van der Waals surface area contributed by atoms with Crippen molar-refractivity contribution in [1.82, 2.24) is 10.2 Å². The molecule has 0 atom stereocenters. The van der Waals surface area contributed by atoms with Crippen molar-refractivity contribution in [3.8, 4) is 0 Å². The molecule has 1 heterocycles. The van der Waals surface area contributed by atoms with E-state index >= 15 is 0 Å². The number of nitrogens with zero attached hydrogens (tertiary/aromatic N) is 1. The second-order valence-corrected chi connectivity index (χ2v) is 4.49. The second-order valence-electron chi connectivity index (χ2n) is 4.49. The van der Waals surface area contributed by atoms with Gasteiger partial charge in [-0.1, -0.05) is 0 Å². The molecule has 0 unspecified atom stereocenters. The lowest BCUT2D eigenvalue weighted by molar-refractivity contribution is 0.0268. The molecule has 1 saturated carbocycles. The Hall–Kier alpha value is -0.0800. The Balaban J connectivity index is 1.71. The third kappa shape index (κ3) is 1.30. The maximum absolute atomic E-state index is 3.54. The van der Waals surface area contributed by atoms with Crippen LogP contribution in [0.5, 0.6) is 0 Å². The predicted octanol–water partition coefficient (Wildman–Crippen LogP) is 0.690. The van der Waals surface area contributed by atoms with E-state index in [-0.39, 0.29) is 0 Å². The van der Waals surface area contributed by atoms with Gasteiger partial charge in [0, 0.05) is 12.1 Å². The number of hydrogen-bond acceptors (Lipinski definition) is 2. The number of nitrogens with one attached hydrogen (secondary N) is 1. The summed E-state index contributed by atoms with van der Waals surface area (Å²) >= 11 is 0. The van der Waals surface area contributed by atoms with E-state index < -0.39 is 0 Å². The van der Waals surface area contributed by atoms with Gasteiger partial charge in [-0.25, -0.2) is 0 Å². The molecule has 64 valence electrons. The van der Waals surface area contributed by atoms with Gasteiger partial charge in [0.15, 0.2) is 0 Å². The molecule has 1 saturated heterocycles. The molecule has 2 fully saturated rings. The number of rotatable bonds is 2. The van der Waals surface area contributed by atoms with Crippen LogP contribution in [0, 0.1) is 5.92 Å². The van der Waals surface area contributed by atoms with E-state index in [2.05, 4.69) is 24.3 Å². The van der Waals surface area contributed by atoms with Crippen molar-refractivity contribution in [1.29, 1.82) is 0 Å². The minimum absolute atomic E-state index is 0.626. The lowest BCUT2D eigenvalue weighted by Gasteiger charge is -2.55. The first kappa shape index (κ1) is 7.56. The van der Waals surface area contributed by atoms with Gasteiger partial charge in [0.1, 0.15) is 0 Å². The maximum atomic E-state index is 3.54. The quantitative estimate of drug-likeness (QED) is 0.629. The van der Waals surface area contributed by atoms with Crippen LogP contribution in [0.4, 0.5) is 0 Å². The van der Waals surface area contributed by atoms with Crippen LogP contribution >= 0.6 is 0 Å². The van der Waals surface area contributed by atoms with E-state index in [9.17, 15) is 0 Å². The van der Waals surface area contributed by atoms with Gasteiger partial charge in [0.2, 0.25) is 0 Å². The van der Waals surface area contributed by atoms with Crippen molar-refractivity contribution in [3.05, 3.63) is 0 Å². The van der Waals surface area contributed by atoms with Gasteiger partial charge in [0.25, 0.3) is 0 Å². The summed E-state index contributed by atoms with van der Waals surface area (Å²) in [5.74, 6) is 0.970. The van der Waals surface area contributed by atoms with Crippen molar-refractivity contribution in [2.24, 2.45) is 5.92 Å². The fourth-order valence-electron chi connectivity index (χ4n) is 2.52. The molecular weight excluding hydrogens is 136 g/mol. The highest BCUT2D eigenvalue weighted by Gasteiger charge is 2.47. The van der Waals surface area contributed by atoms with E-state index in [0.717, 1.165) is 5.92 Å². The molecule has 1 N–H and O–H groups in total. The Morgan fingerprint density at radius 3 is 2.45 bits per heavy atom. The smallest absolute Gasteiger partial charge is 0.0199 e. The third-order valence-corrected chi connectivity index (χ3v) is 3.09. The minimum Gasteiger partial charge on any atom is -0.311 e. The largest absolute Gasteiger partial charge is 0.311 e. The summed E-state index contributed by atoms with van der Waals surface area (Å²) in [7, 11) is 4.33. The molecule has 0 aromatic heterocycles. The predicted molar refractivity (Wildman–Crippen MR) is 46.6 cm³/mol. The van der Waals surface area contributed by atoms with Crippen LogP contribution < -0.4 is 5.32 Å². The highest BCUT2D eigenvalue weighted by Crippen LogP contribution is 2.44. The zero-order valence-corrected chi connectivity index (χ0v) is 7.56. The second kappa shape index (κ2) is 2.46. The van der Waals surface area contributed by atoms with E-state index in [0.29, 0.717) is 5.54 Å². The summed E-state index contributed by atoms with van der Waals surface area (Å²) in [6.45, 7) is 2.54. The lowest BCUT2D eigenvalue weighted by atomic mass is 9.63. The molecule has 11 heavy (non-hydrogen) atoms. The zero-order valence-electron chi connectivity index (χ0n) is 7.56. The van der Waals surface area contributed by atoms with E-state index in [1.807, 2.05) is 0 Å². The van der Waals surface area contributed by atoms with Crippen LogP contribution in [0.25, 0.3) is 0 Å². The van der Waals surface area contributed by atoms with Crippen LogP contribution in [0.1, 0.15) is 19.3 Å². The normalized spacial score (nSPS) is 42.3. The Labute approximate surface area is 69.0 Å². The third-order valence-electron chi connectivity index (χ3n) is 3.09. The van der Waals surface area contributed by atoms with Gasteiger partial charge in [-0.15, -0.1) is 0 Å². The van der Waals surface area contributed by atoms with Gasteiger partial charge < -0.3 is 10.2 Å². The molecule has 2 rings (SSSR count). The van der Waals surface area contributed by atoms with Gasteiger partial charge in [0.05, 0.1) is 0 Å². The molecule has 0 aromatic carbocycles. The molecule has 1 aliphatic carbocycles. The number of hydrogen-bond donors (Lipinski definition) is 1. The SMILES string of the molecule is CN(C)CC1CC2(CCN2)C1. The van der Waals surface area contributed by atoms with Crippen molar-refractivity contribution in [2.45, 2.75) is 24.8 Å². The lowest BCUT2D eigenvalue weighted by Crippen LogP contribution is -2.65. The van der Waals surface area contributed by atoms with Gasteiger partial charge in [-0.05, 0) is 45.8 Å². The Morgan fingerprint density at radius 2 is 2.09 bits per heavy atom. The van der Waals surface area contributed by atoms with Crippen LogP contribution in [0.2, 0.25) is 0 Å². The van der Waals surface area contributed by atoms with E-state index in [1.54, 1.807) is 0 Å². The first-order valence-electron chi connectivity index (χ1n) is 4.60. The summed E-state index contributed by atoms with van der Waals surface area (Å²) in [6, 6.07) is 0. The average Bonchev–Trinajstić information content (AvgIpc) is 1.71. The van der Waals surface area contributed by atoms with Crippen molar-refractivity contribution < 1.29 is 0 Å². The average molecular weight is 154 g/mol. The van der Waals surface area contributed by atoms with Gasteiger partial charge in [-0.3, -0.25) is 0 Å². The van der Waals surface area contributed by atoms with Crippen LogP contribution in [-0.4, -0.2) is 37.6 Å². The molecule has 1 spiro atoms. The molecule has 0 bridgehead atoms. The molecule has 0 radical (unpaired) electrons. The molecular formula is C9H18N2. The van der Waals surface area contributed by atoms with Crippen LogP contribution in [0.15, 0.2) is 0 Å². The summed E-state index contributed by atoms with van der Waals surface area (Å²) in [4.78, 5) is 2.30. The van der Waals surface area contributed by atoms with Crippen molar-refractivity contribution >= 4 is 0 Å². The summed E-state index contributed by atoms with van der Waals surface area (Å²) in [5.41, 5.74) is 0.626. The van der Waals surface area contributed by atoms with Gasteiger partial charge >= 0.3 is 0 Å². The van der Waals surface area contributed by atoms with E-state index in [1.165, 1.54) is 32.4 Å². The molecule has 0 aromatic rings. The summed E-state index contributed by atoms with van der Waals surface area (Å²) in [5, 5.41) is 3.54. The summed E-state index contributed by atoms with van der Waals surface area (Å²) < 4.78 is 0. The van der Waals surface area contributed by atoms with Crippen molar-refractivity contribution in [3.63, 3.8) is 0 Å². The molecule has 0 amide bonds. The Kier molecular flexibility index (Phi) is 1.69. The summed E-state index contributed by atoms with van der Waals surface area (Å²) in [6.07, 6.45) is 4.27. The first-order valence-corrected chi connectivity index (χ1v) is 4.60. The van der Waals surface area contributed by atoms with Crippen molar-refractivity contribution in [2.75, 3.05) is 27.2 Å². The van der Waals surface area contributed by atoms with Crippen LogP contribution in [0.3, 0.4) is 0 Å².